The van der Waals surface area contributed by atoms with Gasteiger partial charge in [0.2, 0.25) is 5.91 Å². The fourth-order valence-corrected chi connectivity index (χ4v) is 2.84. The Hall–Kier alpha value is -2.60. The first-order valence-corrected chi connectivity index (χ1v) is 8.97. The molecule has 0 aliphatic heterocycles. The van der Waals surface area contributed by atoms with Gasteiger partial charge in [0, 0.05) is 12.1 Å². The SMILES string of the molecule is CCN(CC)C(CNC(=O)C(C)NC(=O)c1ccccc1)c1ccco1. The van der Waals surface area contributed by atoms with Gasteiger partial charge >= 0.3 is 0 Å². The minimum absolute atomic E-state index is 0.0408. The predicted molar refractivity (Wildman–Crippen MR) is 101 cm³/mol. The predicted octanol–water partition coefficient (Wildman–Crippen LogP) is 2.60. The summed E-state index contributed by atoms with van der Waals surface area (Å²) in [4.78, 5) is 26.8. The van der Waals surface area contributed by atoms with E-state index in [1.54, 1.807) is 37.5 Å². The van der Waals surface area contributed by atoms with E-state index in [1.165, 1.54) is 0 Å². The van der Waals surface area contributed by atoms with Gasteiger partial charge in [-0.15, -0.1) is 0 Å². The monoisotopic (exact) mass is 357 g/mol. The van der Waals surface area contributed by atoms with Gasteiger partial charge in [-0.2, -0.15) is 0 Å². The molecule has 0 aliphatic rings. The van der Waals surface area contributed by atoms with Crippen molar-refractivity contribution in [1.82, 2.24) is 15.5 Å². The number of benzene rings is 1. The Morgan fingerprint density at radius 3 is 2.35 bits per heavy atom. The van der Waals surface area contributed by atoms with Crippen LogP contribution in [0.25, 0.3) is 0 Å². The van der Waals surface area contributed by atoms with E-state index >= 15 is 0 Å². The van der Waals surface area contributed by atoms with Crippen LogP contribution in [0.4, 0.5) is 0 Å². The second-order valence-corrected chi connectivity index (χ2v) is 6.06. The molecule has 140 valence electrons. The number of likely N-dealkylation sites (N-methyl/N-ethyl adjacent to an activating group) is 1. The first-order valence-electron chi connectivity index (χ1n) is 8.97. The topological polar surface area (TPSA) is 74.6 Å². The minimum atomic E-state index is -0.628. The Labute approximate surface area is 154 Å². The van der Waals surface area contributed by atoms with E-state index in [1.807, 2.05) is 18.2 Å². The lowest BCUT2D eigenvalue weighted by atomic mass is 10.1. The largest absolute Gasteiger partial charge is 0.468 e. The van der Waals surface area contributed by atoms with E-state index in [-0.39, 0.29) is 17.9 Å². The molecule has 2 N–H and O–H groups in total. The molecule has 1 heterocycles. The molecule has 0 bridgehead atoms. The second kappa shape index (κ2) is 9.77. The summed E-state index contributed by atoms with van der Waals surface area (Å²) in [5, 5.41) is 5.65. The number of furan rings is 1. The molecule has 2 amide bonds. The normalized spacial score (nSPS) is 13.2. The Kier molecular flexibility index (Phi) is 7.41. The highest BCUT2D eigenvalue weighted by atomic mass is 16.3. The van der Waals surface area contributed by atoms with Crippen LogP contribution < -0.4 is 10.6 Å². The van der Waals surface area contributed by atoms with E-state index in [4.69, 9.17) is 4.42 Å². The third kappa shape index (κ3) is 5.20. The molecule has 26 heavy (non-hydrogen) atoms. The van der Waals surface area contributed by atoms with Crippen molar-refractivity contribution in [3.63, 3.8) is 0 Å². The molecule has 1 aromatic heterocycles. The van der Waals surface area contributed by atoms with E-state index in [2.05, 4.69) is 29.4 Å². The van der Waals surface area contributed by atoms with Crippen molar-refractivity contribution < 1.29 is 14.0 Å². The molecule has 0 aliphatic carbocycles. The van der Waals surface area contributed by atoms with Crippen LogP contribution in [0, 0.1) is 0 Å². The molecule has 0 saturated carbocycles. The summed E-state index contributed by atoms with van der Waals surface area (Å²) in [5.41, 5.74) is 0.531. The number of rotatable bonds is 9. The standard InChI is InChI=1S/C20H27N3O3/c1-4-23(5-2)17(18-12-9-13-26-18)14-21-19(24)15(3)22-20(25)16-10-7-6-8-11-16/h6-13,15,17H,4-5,14H2,1-3H3,(H,21,24)(H,22,25). The van der Waals surface area contributed by atoms with E-state index in [0.717, 1.165) is 18.8 Å². The van der Waals surface area contributed by atoms with Gasteiger partial charge in [-0.3, -0.25) is 14.5 Å². The zero-order valence-electron chi connectivity index (χ0n) is 15.6. The molecular formula is C20H27N3O3. The number of carbonyl (C=O) groups is 2. The van der Waals surface area contributed by atoms with Crippen LogP contribution in [0.2, 0.25) is 0 Å². The van der Waals surface area contributed by atoms with Gasteiger partial charge in [-0.25, -0.2) is 0 Å². The number of nitrogens with one attached hydrogen (secondary N) is 2. The number of hydrogen-bond acceptors (Lipinski definition) is 4. The van der Waals surface area contributed by atoms with Crippen LogP contribution in [0.5, 0.6) is 0 Å². The lowest BCUT2D eigenvalue weighted by Crippen LogP contribution is -2.47. The number of carbonyl (C=O) groups excluding carboxylic acids is 2. The Balaban J connectivity index is 1.93. The van der Waals surface area contributed by atoms with Gasteiger partial charge in [-0.05, 0) is 44.3 Å². The number of nitrogens with zero attached hydrogens (tertiary/aromatic N) is 1. The van der Waals surface area contributed by atoms with Gasteiger partial charge < -0.3 is 15.1 Å². The summed E-state index contributed by atoms with van der Waals surface area (Å²) in [6.45, 7) is 7.93. The Morgan fingerprint density at radius 1 is 1.08 bits per heavy atom. The van der Waals surface area contributed by atoms with Crippen LogP contribution >= 0.6 is 0 Å². The Bertz CT molecular complexity index is 682. The van der Waals surface area contributed by atoms with Gasteiger partial charge in [-0.1, -0.05) is 32.0 Å². The summed E-state index contributed by atoms with van der Waals surface area (Å²) in [7, 11) is 0. The summed E-state index contributed by atoms with van der Waals surface area (Å²) in [6, 6.07) is 11.9. The van der Waals surface area contributed by atoms with Crippen molar-refractivity contribution in [2.24, 2.45) is 0 Å². The van der Waals surface area contributed by atoms with E-state index < -0.39 is 6.04 Å². The van der Waals surface area contributed by atoms with Crippen LogP contribution in [0.1, 0.15) is 42.9 Å². The average Bonchev–Trinajstić information content (AvgIpc) is 3.19. The molecule has 0 radical (unpaired) electrons. The van der Waals surface area contributed by atoms with Crippen molar-refractivity contribution in [2.75, 3.05) is 19.6 Å². The maximum Gasteiger partial charge on any atom is 0.251 e. The molecule has 1 aromatic carbocycles. The quantitative estimate of drug-likeness (QED) is 0.723. The highest BCUT2D eigenvalue weighted by molar-refractivity contribution is 5.97. The molecule has 2 rings (SSSR count). The van der Waals surface area contributed by atoms with Gasteiger partial charge in [0.25, 0.3) is 5.91 Å². The van der Waals surface area contributed by atoms with Crippen LogP contribution in [-0.2, 0) is 4.79 Å². The maximum absolute atomic E-state index is 12.4. The van der Waals surface area contributed by atoms with Crippen molar-refractivity contribution in [3.8, 4) is 0 Å². The van der Waals surface area contributed by atoms with Crippen molar-refractivity contribution in [2.45, 2.75) is 32.9 Å². The fourth-order valence-electron chi connectivity index (χ4n) is 2.84. The lowest BCUT2D eigenvalue weighted by molar-refractivity contribution is -0.122. The van der Waals surface area contributed by atoms with Crippen LogP contribution in [-0.4, -0.2) is 42.4 Å². The average molecular weight is 357 g/mol. The summed E-state index contributed by atoms with van der Waals surface area (Å²) >= 11 is 0. The molecule has 2 atom stereocenters. The summed E-state index contributed by atoms with van der Waals surface area (Å²) in [5.74, 6) is 0.326. The molecule has 0 saturated heterocycles. The van der Waals surface area contributed by atoms with E-state index in [0.29, 0.717) is 12.1 Å². The Morgan fingerprint density at radius 2 is 1.77 bits per heavy atom. The molecule has 6 heteroatoms. The zero-order chi connectivity index (χ0) is 18.9. The number of amides is 2. The molecule has 2 aromatic rings. The third-order valence-corrected chi connectivity index (χ3v) is 4.37. The van der Waals surface area contributed by atoms with Crippen molar-refractivity contribution >= 4 is 11.8 Å². The first kappa shape index (κ1) is 19.7. The van der Waals surface area contributed by atoms with Crippen LogP contribution in [0.15, 0.2) is 53.1 Å². The summed E-state index contributed by atoms with van der Waals surface area (Å²) < 4.78 is 5.53. The van der Waals surface area contributed by atoms with Gasteiger partial charge in [0.1, 0.15) is 11.8 Å². The van der Waals surface area contributed by atoms with Gasteiger partial charge in [0.05, 0.1) is 12.3 Å². The summed E-state index contributed by atoms with van der Waals surface area (Å²) in [6.07, 6.45) is 1.64. The maximum atomic E-state index is 12.4. The van der Waals surface area contributed by atoms with E-state index in [9.17, 15) is 9.59 Å². The molecule has 6 nitrogen and oxygen atoms in total. The minimum Gasteiger partial charge on any atom is -0.468 e. The molecular weight excluding hydrogens is 330 g/mol. The molecule has 0 fully saturated rings. The zero-order valence-corrected chi connectivity index (χ0v) is 15.6. The highest BCUT2D eigenvalue weighted by Crippen LogP contribution is 2.20. The smallest absolute Gasteiger partial charge is 0.251 e. The highest BCUT2D eigenvalue weighted by Gasteiger charge is 2.23. The second-order valence-electron chi connectivity index (χ2n) is 6.06. The van der Waals surface area contributed by atoms with Gasteiger partial charge in [0.15, 0.2) is 0 Å². The lowest BCUT2D eigenvalue weighted by Gasteiger charge is -2.28. The van der Waals surface area contributed by atoms with Crippen molar-refractivity contribution in [3.05, 3.63) is 60.1 Å². The van der Waals surface area contributed by atoms with Crippen molar-refractivity contribution in [1.29, 1.82) is 0 Å². The molecule has 2 unspecified atom stereocenters. The molecule has 0 spiro atoms. The fraction of sp³-hybridized carbons (Fsp3) is 0.400. The number of hydrogen-bond donors (Lipinski definition) is 2. The first-order chi connectivity index (χ1) is 12.6. The van der Waals surface area contributed by atoms with Crippen LogP contribution in [0.3, 0.4) is 0 Å². The third-order valence-electron chi connectivity index (χ3n) is 4.37.